The van der Waals surface area contributed by atoms with Crippen LogP contribution in [0.25, 0.3) is 0 Å². The van der Waals surface area contributed by atoms with Crippen LogP contribution in [0.5, 0.6) is 0 Å². The number of nitrogens with one attached hydrogen (secondary N) is 1. The highest BCUT2D eigenvalue weighted by molar-refractivity contribution is 5.81. The number of hydrogen-bond acceptors (Lipinski definition) is 4. The van der Waals surface area contributed by atoms with Gasteiger partial charge in [-0.1, -0.05) is 91.5 Å². The fraction of sp³-hybridized carbons (Fsp3) is 0.0943. The van der Waals surface area contributed by atoms with Crippen molar-refractivity contribution in [2.45, 2.75) is 27.7 Å². The van der Waals surface area contributed by atoms with Gasteiger partial charge >= 0.3 is 0 Å². The van der Waals surface area contributed by atoms with Crippen LogP contribution in [0.15, 0.2) is 219 Å². The standard InChI is InChI=1S/C38H33N3.C15H19N/c1-29-11-9-13-32(27-29)39-31-19-21-35(22-20-31)40(33-14-5-3-6-15-33)36-23-25-37(26-24-36)41(34-16-7-4-8-17-34)38-18-10-12-30(2)28-38;1-5-7-10-14(6-2)16(4)15-11-8-9-13(3)12-15/h3-28,39H,1-2H3;5-12H,2H2,1,3-4H3/b;7-5-,14-10+. The highest BCUT2D eigenvalue weighted by atomic mass is 15.2. The van der Waals surface area contributed by atoms with E-state index in [4.69, 9.17) is 0 Å². The summed E-state index contributed by atoms with van der Waals surface area (Å²) in [7, 11) is 2.05. The molecule has 7 aromatic rings. The van der Waals surface area contributed by atoms with Crippen LogP contribution >= 0.6 is 0 Å². The van der Waals surface area contributed by atoms with Gasteiger partial charge in [0.15, 0.2) is 0 Å². The maximum absolute atomic E-state index is 3.84. The van der Waals surface area contributed by atoms with Gasteiger partial charge in [0.25, 0.3) is 0 Å². The maximum atomic E-state index is 3.84. The zero-order chi connectivity index (χ0) is 40.0. The molecule has 0 radical (unpaired) electrons. The van der Waals surface area contributed by atoms with Gasteiger partial charge in [0.2, 0.25) is 0 Å². The zero-order valence-electron chi connectivity index (χ0n) is 33.7. The molecule has 7 rings (SSSR count). The van der Waals surface area contributed by atoms with Gasteiger partial charge in [-0.3, -0.25) is 0 Å². The summed E-state index contributed by atoms with van der Waals surface area (Å²) in [5.74, 6) is 0. The summed E-state index contributed by atoms with van der Waals surface area (Å²) in [6.07, 6.45) is 7.94. The predicted octanol–water partition coefficient (Wildman–Crippen LogP) is 15.1. The summed E-state index contributed by atoms with van der Waals surface area (Å²) < 4.78 is 0. The van der Waals surface area contributed by atoms with Crippen molar-refractivity contribution in [3.63, 3.8) is 0 Å². The van der Waals surface area contributed by atoms with Gasteiger partial charge in [0.05, 0.1) is 0 Å². The van der Waals surface area contributed by atoms with E-state index in [9.17, 15) is 0 Å². The number of allylic oxidation sites excluding steroid dienone is 4. The second-order valence-electron chi connectivity index (χ2n) is 14.0. The number of hydrogen-bond donors (Lipinski definition) is 1. The maximum Gasteiger partial charge on any atom is 0.0464 e. The van der Waals surface area contributed by atoms with E-state index in [1.54, 1.807) is 0 Å². The van der Waals surface area contributed by atoms with Gasteiger partial charge in [-0.25, -0.2) is 0 Å². The summed E-state index contributed by atoms with van der Waals surface area (Å²) in [6, 6.07) is 63.9. The molecule has 0 aliphatic rings. The van der Waals surface area contributed by atoms with E-state index in [1.807, 2.05) is 32.2 Å². The van der Waals surface area contributed by atoms with Gasteiger partial charge in [0.1, 0.15) is 0 Å². The van der Waals surface area contributed by atoms with E-state index < -0.39 is 0 Å². The molecule has 0 aliphatic carbocycles. The summed E-state index contributed by atoms with van der Waals surface area (Å²) in [5.41, 5.74) is 14.8. The van der Waals surface area contributed by atoms with E-state index in [2.05, 4.69) is 235 Å². The Morgan fingerprint density at radius 3 is 1.37 bits per heavy atom. The first-order valence-corrected chi connectivity index (χ1v) is 19.4. The number of anilines is 9. The molecule has 4 heteroatoms. The number of rotatable bonds is 12. The lowest BCUT2D eigenvalue weighted by Crippen LogP contribution is -2.14. The predicted molar refractivity (Wildman–Crippen MR) is 248 cm³/mol. The van der Waals surface area contributed by atoms with Crippen LogP contribution in [-0.2, 0) is 0 Å². The Hall–Kier alpha value is -7.04. The molecule has 0 aromatic heterocycles. The largest absolute Gasteiger partial charge is 0.356 e. The number of nitrogens with zero attached hydrogens (tertiary/aromatic N) is 3. The molecular formula is C53H52N4. The van der Waals surface area contributed by atoms with Crippen molar-refractivity contribution in [3.8, 4) is 0 Å². The number of benzene rings is 7. The third kappa shape index (κ3) is 10.6. The van der Waals surface area contributed by atoms with Crippen LogP contribution in [0, 0.1) is 20.8 Å². The summed E-state index contributed by atoms with van der Waals surface area (Å²) in [6.45, 7) is 12.2. The molecule has 0 unspecified atom stereocenters. The molecule has 0 aliphatic heterocycles. The Kier molecular flexibility index (Phi) is 13.6. The lowest BCUT2D eigenvalue weighted by molar-refractivity contribution is 1.13. The van der Waals surface area contributed by atoms with Gasteiger partial charge in [0, 0.05) is 63.9 Å². The van der Waals surface area contributed by atoms with Gasteiger partial charge in [-0.15, -0.1) is 0 Å². The van der Waals surface area contributed by atoms with Crippen molar-refractivity contribution in [2.75, 3.05) is 27.1 Å². The van der Waals surface area contributed by atoms with E-state index in [0.717, 1.165) is 51.2 Å². The lowest BCUT2D eigenvalue weighted by Gasteiger charge is -2.28. The number of aryl methyl sites for hydroxylation is 3. The van der Waals surface area contributed by atoms with Gasteiger partial charge in [-0.2, -0.15) is 0 Å². The van der Waals surface area contributed by atoms with Crippen molar-refractivity contribution >= 4 is 51.2 Å². The van der Waals surface area contributed by atoms with Crippen LogP contribution < -0.4 is 20.0 Å². The van der Waals surface area contributed by atoms with Crippen LogP contribution in [0.2, 0.25) is 0 Å². The van der Waals surface area contributed by atoms with Crippen LogP contribution in [-0.4, -0.2) is 7.05 Å². The number of para-hydroxylation sites is 2. The Bertz CT molecular complexity index is 2400. The van der Waals surface area contributed by atoms with Crippen molar-refractivity contribution in [1.29, 1.82) is 0 Å². The molecule has 57 heavy (non-hydrogen) atoms. The Morgan fingerprint density at radius 1 is 0.456 bits per heavy atom. The molecule has 0 saturated carbocycles. The first-order chi connectivity index (χ1) is 27.8. The molecule has 0 atom stereocenters. The molecule has 0 amide bonds. The Labute approximate surface area is 340 Å². The topological polar surface area (TPSA) is 21.8 Å². The van der Waals surface area contributed by atoms with Crippen LogP contribution in [0.1, 0.15) is 23.6 Å². The van der Waals surface area contributed by atoms with E-state index in [0.29, 0.717) is 0 Å². The van der Waals surface area contributed by atoms with Crippen LogP contribution in [0.3, 0.4) is 0 Å². The molecule has 0 heterocycles. The SMILES string of the molecule is C=C/C(=C\C=C/C)N(C)c1cccc(C)c1.Cc1cccc(Nc2ccc(N(c3ccccc3)c3ccc(N(c4ccccc4)c4cccc(C)c4)cc3)cc2)c1. The average Bonchev–Trinajstić information content (AvgIpc) is 3.23. The molecule has 1 N–H and O–H groups in total. The minimum atomic E-state index is 1.05. The van der Waals surface area contributed by atoms with E-state index in [1.165, 1.54) is 22.4 Å². The van der Waals surface area contributed by atoms with E-state index >= 15 is 0 Å². The fourth-order valence-electron chi connectivity index (χ4n) is 6.65. The second-order valence-corrected chi connectivity index (χ2v) is 14.0. The molecule has 0 saturated heterocycles. The Morgan fingerprint density at radius 2 is 0.877 bits per heavy atom. The third-order valence-corrected chi connectivity index (χ3v) is 9.53. The summed E-state index contributed by atoms with van der Waals surface area (Å²) in [5, 5.41) is 3.52. The van der Waals surface area contributed by atoms with Gasteiger partial charge in [-0.05, 0) is 166 Å². The Balaban J connectivity index is 0.000000289. The normalized spacial score (nSPS) is 11.0. The molecule has 0 fully saturated rings. The molecule has 0 bridgehead atoms. The summed E-state index contributed by atoms with van der Waals surface area (Å²) in [4.78, 5) is 6.72. The van der Waals surface area contributed by atoms with Crippen molar-refractivity contribution in [3.05, 3.63) is 235 Å². The highest BCUT2D eigenvalue weighted by Gasteiger charge is 2.16. The highest BCUT2D eigenvalue weighted by Crippen LogP contribution is 2.39. The molecular weight excluding hydrogens is 693 g/mol. The fourth-order valence-corrected chi connectivity index (χ4v) is 6.65. The van der Waals surface area contributed by atoms with Gasteiger partial charge < -0.3 is 20.0 Å². The number of likely N-dealkylation sites (N-methyl/N-ethyl adjacent to an activating group) is 1. The first-order valence-electron chi connectivity index (χ1n) is 19.4. The zero-order valence-corrected chi connectivity index (χ0v) is 33.7. The first kappa shape index (κ1) is 39.6. The average molecular weight is 745 g/mol. The molecule has 0 spiro atoms. The van der Waals surface area contributed by atoms with Crippen molar-refractivity contribution in [2.24, 2.45) is 0 Å². The minimum absolute atomic E-state index is 1.05. The monoisotopic (exact) mass is 744 g/mol. The quantitative estimate of drug-likeness (QED) is 0.126. The minimum Gasteiger partial charge on any atom is -0.356 e. The second kappa shape index (κ2) is 19.5. The molecule has 284 valence electrons. The molecule has 4 nitrogen and oxygen atoms in total. The molecule has 7 aromatic carbocycles. The van der Waals surface area contributed by atoms with E-state index in [-0.39, 0.29) is 0 Å². The third-order valence-electron chi connectivity index (χ3n) is 9.53. The smallest absolute Gasteiger partial charge is 0.0464 e. The van der Waals surface area contributed by atoms with Crippen molar-refractivity contribution < 1.29 is 0 Å². The summed E-state index contributed by atoms with van der Waals surface area (Å²) >= 11 is 0. The van der Waals surface area contributed by atoms with Crippen molar-refractivity contribution in [1.82, 2.24) is 0 Å². The lowest BCUT2D eigenvalue weighted by atomic mass is 10.1. The van der Waals surface area contributed by atoms with Crippen LogP contribution in [0.4, 0.5) is 51.2 Å².